The minimum absolute atomic E-state index is 0.0559. The van der Waals surface area contributed by atoms with Gasteiger partial charge >= 0.3 is 5.97 Å². The van der Waals surface area contributed by atoms with Gasteiger partial charge in [-0.05, 0) is 36.0 Å². The summed E-state index contributed by atoms with van der Waals surface area (Å²) in [5.41, 5.74) is 19.2. The van der Waals surface area contributed by atoms with Crippen molar-refractivity contribution in [2.45, 2.75) is 70.1 Å². The molecule has 11 N–H and O–H groups in total. The molecule has 13 nitrogen and oxygen atoms in total. The van der Waals surface area contributed by atoms with E-state index >= 15 is 0 Å². The van der Waals surface area contributed by atoms with E-state index < -0.39 is 47.9 Å². The number of carbonyl (C=O) groups is 4. The van der Waals surface area contributed by atoms with E-state index in [9.17, 15) is 24.3 Å². The van der Waals surface area contributed by atoms with Crippen molar-refractivity contribution in [3.63, 3.8) is 0 Å². The summed E-state index contributed by atoms with van der Waals surface area (Å²) in [7, 11) is 0. The molecule has 3 amide bonds. The molecule has 2 aromatic carbocycles. The lowest BCUT2D eigenvalue weighted by atomic mass is 9.98. The predicted molar refractivity (Wildman–Crippen MR) is 173 cm³/mol. The van der Waals surface area contributed by atoms with Gasteiger partial charge in [-0.2, -0.15) is 0 Å². The zero-order chi connectivity index (χ0) is 32.9. The van der Waals surface area contributed by atoms with Crippen molar-refractivity contribution >= 4 is 40.6 Å². The van der Waals surface area contributed by atoms with Crippen molar-refractivity contribution in [3.05, 3.63) is 71.9 Å². The Morgan fingerprint density at radius 1 is 0.867 bits per heavy atom. The van der Waals surface area contributed by atoms with Crippen LogP contribution in [0.5, 0.6) is 0 Å². The topological polar surface area (TPSA) is 231 Å². The number of nitrogens with two attached hydrogens (primary N) is 3. The number of carboxylic acid groups (broad SMARTS) is 1. The molecule has 0 fully saturated rings. The number of H-pyrrole nitrogens is 1. The molecule has 1 aromatic heterocycles. The predicted octanol–water partition coefficient (Wildman–Crippen LogP) is 0.919. The van der Waals surface area contributed by atoms with Gasteiger partial charge in [0, 0.05) is 36.5 Å². The van der Waals surface area contributed by atoms with E-state index in [1.807, 2.05) is 68.4 Å². The van der Waals surface area contributed by atoms with Crippen LogP contribution in [-0.2, 0) is 32.0 Å². The summed E-state index contributed by atoms with van der Waals surface area (Å²) in [5, 5.41) is 18.8. The molecule has 0 aliphatic heterocycles. The maximum absolute atomic E-state index is 13.8. The van der Waals surface area contributed by atoms with Crippen LogP contribution >= 0.6 is 0 Å². The van der Waals surface area contributed by atoms with Gasteiger partial charge in [0.2, 0.25) is 17.7 Å². The highest BCUT2D eigenvalue weighted by Gasteiger charge is 2.31. The largest absolute Gasteiger partial charge is 0.480 e. The van der Waals surface area contributed by atoms with Gasteiger partial charge in [-0.15, -0.1) is 0 Å². The van der Waals surface area contributed by atoms with Gasteiger partial charge in [0.1, 0.15) is 18.1 Å². The Hall–Kier alpha value is -4.91. The van der Waals surface area contributed by atoms with Crippen LogP contribution in [0.4, 0.5) is 0 Å². The standard InChI is InChI=1S/C32H44N8O5/c1-3-19(2)27(33)30(43)40-25(16-20-10-5-4-6-11-20)28(41)39-26(17-21-18-37-23-13-8-7-12-22(21)23)29(42)38-24(31(44)45)14-9-15-36-32(34)35/h4-8,10-13,18-19,24-27,37H,3,9,14-17,33H2,1-2H3,(H,38,42)(H,39,41)(H,40,43)(H,44,45)(H4,34,35,36). The number of guanidine groups is 1. The number of hydrogen-bond acceptors (Lipinski definition) is 6. The molecule has 13 heteroatoms. The number of rotatable bonds is 17. The second-order valence-electron chi connectivity index (χ2n) is 11.1. The molecule has 5 atom stereocenters. The minimum atomic E-state index is -1.25. The third-order valence-corrected chi connectivity index (χ3v) is 7.77. The number of carboxylic acids is 1. The van der Waals surface area contributed by atoms with Crippen LogP contribution in [0.25, 0.3) is 10.9 Å². The number of aromatic amines is 1. The van der Waals surface area contributed by atoms with Crippen molar-refractivity contribution in [2.24, 2.45) is 28.1 Å². The van der Waals surface area contributed by atoms with Crippen molar-refractivity contribution in [1.29, 1.82) is 0 Å². The molecular formula is C32H44N8O5. The maximum Gasteiger partial charge on any atom is 0.326 e. The molecular weight excluding hydrogens is 576 g/mol. The highest BCUT2D eigenvalue weighted by atomic mass is 16.4. The summed E-state index contributed by atoms with van der Waals surface area (Å²) in [6.45, 7) is 3.97. The molecule has 0 radical (unpaired) electrons. The van der Waals surface area contributed by atoms with Gasteiger partial charge < -0.3 is 43.2 Å². The number of amides is 3. The quantitative estimate of drug-likeness (QED) is 0.0613. The first kappa shape index (κ1) is 34.6. The van der Waals surface area contributed by atoms with Gasteiger partial charge in [-0.3, -0.25) is 19.4 Å². The molecule has 0 bridgehead atoms. The van der Waals surface area contributed by atoms with E-state index in [2.05, 4.69) is 25.9 Å². The van der Waals surface area contributed by atoms with E-state index in [0.29, 0.717) is 12.8 Å². The Morgan fingerprint density at radius 3 is 2.11 bits per heavy atom. The van der Waals surface area contributed by atoms with Crippen LogP contribution in [0.3, 0.4) is 0 Å². The number of aliphatic imine (C=N–C) groups is 1. The van der Waals surface area contributed by atoms with Gasteiger partial charge in [0.15, 0.2) is 5.96 Å². The number of aliphatic carboxylic acids is 1. The first-order chi connectivity index (χ1) is 21.5. The van der Waals surface area contributed by atoms with Crippen LogP contribution in [0, 0.1) is 5.92 Å². The second kappa shape index (κ2) is 16.8. The number of fused-ring (bicyclic) bond motifs is 1. The summed E-state index contributed by atoms with van der Waals surface area (Å²) < 4.78 is 0. The van der Waals surface area contributed by atoms with E-state index in [4.69, 9.17) is 17.2 Å². The van der Waals surface area contributed by atoms with E-state index in [-0.39, 0.29) is 37.7 Å². The second-order valence-corrected chi connectivity index (χ2v) is 11.1. The molecule has 0 aliphatic carbocycles. The van der Waals surface area contributed by atoms with E-state index in [1.54, 1.807) is 6.20 Å². The van der Waals surface area contributed by atoms with Gasteiger partial charge in [0.05, 0.1) is 6.04 Å². The summed E-state index contributed by atoms with van der Waals surface area (Å²) in [5.74, 6) is -3.25. The third kappa shape index (κ3) is 10.3. The lowest BCUT2D eigenvalue weighted by molar-refractivity contribution is -0.142. The number of hydrogen-bond donors (Lipinski definition) is 8. The Morgan fingerprint density at radius 2 is 1.47 bits per heavy atom. The number of benzene rings is 2. The van der Waals surface area contributed by atoms with Crippen molar-refractivity contribution in [2.75, 3.05) is 6.54 Å². The Balaban J connectivity index is 1.88. The van der Waals surface area contributed by atoms with Crippen LogP contribution in [-0.4, -0.2) is 70.5 Å². The van der Waals surface area contributed by atoms with Gasteiger partial charge in [-0.1, -0.05) is 68.8 Å². The van der Waals surface area contributed by atoms with E-state index in [1.165, 1.54) is 0 Å². The fourth-order valence-corrected chi connectivity index (χ4v) is 4.87. The first-order valence-corrected chi connectivity index (χ1v) is 15.0. The molecule has 45 heavy (non-hydrogen) atoms. The molecule has 5 unspecified atom stereocenters. The lowest BCUT2D eigenvalue weighted by Crippen LogP contribution is -2.58. The summed E-state index contributed by atoms with van der Waals surface area (Å²) in [6, 6.07) is 12.3. The number of nitrogens with one attached hydrogen (secondary N) is 4. The number of aromatic nitrogens is 1. The zero-order valence-corrected chi connectivity index (χ0v) is 25.7. The van der Waals surface area contributed by atoms with Crippen LogP contribution in [0.2, 0.25) is 0 Å². The molecule has 0 aliphatic rings. The third-order valence-electron chi connectivity index (χ3n) is 7.77. The summed E-state index contributed by atoms with van der Waals surface area (Å²) in [6.07, 6.45) is 2.99. The highest BCUT2D eigenvalue weighted by molar-refractivity contribution is 5.95. The van der Waals surface area contributed by atoms with Crippen molar-refractivity contribution in [1.82, 2.24) is 20.9 Å². The highest BCUT2D eigenvalue weighted by Crippen LogP contribution is 2.19. The molecule has 242 valence electrons. The van der Waals surface area contributed by atoms with Crippen LogP contribution < -0.4 is 33.2 Å². The fourth-order valence-electron chi connectivity index (χ4n) is 4.87. The number of para-hydroxylation sites is 1. The molecule has 0 spiro atoms. The number of carbonyl (C=O) groups excluding carboxylic acids is 3. The summed E-state index contributed by atoms with van der Waals surface area (Å²) in [4.78, 5) is 59.6. The SMILES string of the molecule is CCC(C)C(N)C(=O)NC(Cc1ccccc1)C(=O)NC(Cc1c[nH]c2ccccc12)C(=O)NC(CCCN=C(N)N)C(=O)O. The van der Waals surface area contributed by atoms with Gasteiger partial charge in [-0.25, -0.2) is 4.79 Å². The normalized spacial score (nSPS) is 14.4. The molecule has 0 saturated heterocycles. The Labute approximate surface area is 262 Å². The van der Waals surface area contributed by atoms with Crippen LogP contribution in [0.15, 0.2) is 65.8 Å². The lowest BCUT2D eigenvalue weighted by Gasteiger charge is -2.26. The van der Waals surface area contributed by atoms with Crippen molar-refractivity contribution < 1.29 is 24.3 Å². The Bertz CT molecular complexity index is 1470. The average molecular weight is 621 g/mol. The smallest absolute Gasteiger partial charge is 0.326 e. The molecule has 0 saturated carbocycles. The average Bonchev–Trinajstić information content (AvgIpc) is 3.43. The number of nitrogens with zero attached hydrogens (tertiary/aromatic N) is 1. The zero-order valence-electron chi connectivity index (χ0n) is 25.7. The first-order valence-electron chi connectivity index (χ1n) is 15.0. The Kier molecular flexibility index (Phi) is 12.9. The minimum Gasteiger partial charge on any atom is -0.480 e. The summed E-state index contributed by atoms with van der Waals surface area (Å²) >= 11 is 0. The molecule has 3 rings (SSSR count). The van der Waals surface area contributed by atoms with E-state index in [0.717, 1.165) is 22.0 Å². The molecule has 3 aromatic rings. The fraction of sp³-hybridized carbons (Fsp3) is 0.406. The molecule has 1 heterocycles. The van der Waals surface area contributed by atoms with Crippen LogP contribution in [0.1, 0.15) is 44.2 Å². The monoisotopic (exact) mass is 620 g/mol. The maximum atomic E-state index is 13.8. The van der Waals surface area contributed by atoms with Gasteiger partial charge in [0.25, 0.3) is 0 Å². The van der Waals surface area contributed by atoms with Crippen molar-refractivity contribution in [3.8, 4) is 0 Å².